The molecule has 1 amide bonds. The minimum atomic E-state index is -3.76. The molecule has 3 rings (SSSR count). The number of ether oxygens (including phenoxy) is 1. The van der Waals surface area contributed by atoms with Gasteiger partial charge < -0.3 is 10.1 Å². The van der Waals surface area contributed by atoms with E-state index in [-0.39, 0.29) is 15.9 Å². The summed E-state index contributed by atoms with van der Waals surface area (Å²) in [5, 5.41) is 7.42. The van der Waals surface area contributed by atoms with Gasteiger partial charge in [0.2, 0.25) is 5.91 Å². The van der Waals surface area contributed by atoms with Gasteiger partial charge in [-0.1, -0.05) is 6.07 Å². The third-order valence-corrected chi connectivity index (χ3v) is 6.46. The van der Waals surface area contributed by atoms with Crippen molar-refractivity contribution in [2.75, 3.05) is 16.6 Å². The average Bonchev–Trinajstić information content (AvgIpc) is 3.28. The maximum Gasteiger partial charge on any atom is 0.261 e. The standard InChI is InChI=1S/C22H21N3O4S3/c1-2-29-18-9-5-17(6-10-18)25-32(27,28)20-12-7-16(8-13-20)23-22(30)24-21(26)14-11-19-4-3-15-31-19/h3-15,25H,2H2,1H3,(H2,23,24,26,30)/b14-11+. The number of benzene rings is 2. The van der Waals surface area contributed by atoms with Crippen LogP contribution in [0.15, 0.2) is 77.0 Å². The van der Waals surface area contributed by atoms with E-state index in [0.29, 0.717) is 23.7 Å². The molecule has 2 aromatic carbocycles. The van der Waals surface area contributed by atoms with Gasteiger partial charge in [0, 0.05) is 22.3 Å². The number of hydrogen-bond acceptors (Lipinski definition) is 6. The molecule has 0 aliphatic rings. The van der Waals surface area contributed by atoms with Crippen molar-refractivity contribution in [3.8, 4) is 5.75 Å². The second-order valence-electron chi connectivity index (χ2n) is 6.38. The molecule has 0 unspecified atom stereocenters. The summed E-state index contributed by atoms with van der Waals surface area (Å²) in [6.07, 6.45) is 3.09. The number of carbonyl (C=O) groups excluding carboxylic acids is 1. The molecule has 0 saturated heterocycles. The van der Waals surface area contributed by atoms with Crippen LogP contribution in [0, 0.1) is 0 Å². The highest BCUT2D eigenvalue weighted by Crippen LogP contribution is 2.21. The van der Waals surface area contributed by atoms with Crippen molar-refractivity contribution in [3.63, 3.8) is 0 Å². The quantitative estimate of drug-likeness (QED) is 0.320. The first-order chi connectivity index (χ1) is 15.4. The summed E-state index contributed by atoms with van der Waals surface area (Å²) in [5.41, 5.74) is 0.965. The van der Waals surface area contributed by atoms with Crippen LogP contribution in [0.5, 0.6) is 5.75 Å². The molecule has 32 heavy (non-hydrogen) atoms. The monoisotopic (exact) mass is 487 g/mol. The van der Waals surface area contributed by atoms with E-state index >= 15 is 0 Å². The molecule has 7 nitrogen and oxygen atoms in total. The lowest BCUT2D eigenvalue weighted by Crippen LogP contribution is -2.32. The van der Waals surface area contributed by atoms with Gasteiger partial charge in [-0.3, -0.25) is 14.8 Å². The lowest BCUT2D eigenvalue weighted by Gasteiger charge is -2.11. The molecule has 0 saturated carbocycles. The second-order valence-corrected chi connectivity index (χ2v) is 9.45. The molecule has 1 heterocycles. The maximum absolute atomic E-state index is 12.6. The summed E-state index contributed by atoms with van der Waals surface area (Å²) in [5.74, 6) is 0.297. The summed E-state index contributed by atoms with van der Waals surface area (Å²) in [6.45, 7) is 2.41. The van der Waals surface area contributed by atoms with Gasteiger partial charge in [0.15, 0.2) is 5.11 Å². The fourth-order valence-electron chi connectivity index (χ4n) is 2.58. The van der Waals surface area contributed by atoms with E-state index in [4.69, 9.17) is 17.0 Å². The van der Waals surface area contributed by atoms with Gasteiger partial charge in [0.1, 0.15) is 5.75 Å². The van der Waals surface area contributed by atoms with Gasteiger partial charge in [0.05, 0.1) is 11.5 Å². The van der Waals surface area contributed by atoms with Gasteiger partial charge in [-0.15, -0.1) is 11.3 Å². The van der Waals surface area contributed by atoms with Crippen LogP contribution in [0.2, 0.25) is 0 Å². The van der Waals surface area contributed by atoms with Gasteiger partial charge in [0.25, 0.3) is 10.0 Å². The van der Waals surface area contributed by atoms with E-state index < -0.39 is 10.0 Å². The van der Waals surface area contributed by atoms with E-state index in [9.17, 15) is 13.2 Å². The molecular weight excluding hydrogens is 466 g/mol. The molecule has 0 fully saturated rings. The number of anilines is 2. The number of carbonyl (C=O) groups is 1. The van der Waals surface area contributed by atoms with Gasteiger partial charge in [-0.2, -0.15) is 0 Å². The summed E-state index contributed by atoms with van der Waals surface area (Å²) < 4.78 is 33.1. The number of rotatable bonds is 8. The van der Waals surface area contributed by atoms with Crippen molar-refractivity contribution in [1.29, 1.82) is 0 Å². The zero-order valence-electron chi connectivity index (χ0n) is 17.1. The van der Waals surface area contributed by atoms with E-state index in [2.05, 4.69) is 15.4 Å². The van der Waals surface area contributed by atoms with Crippen LogP contribution in [0.25, 0.3) is 6.08 Å². The highest BCUT2D eigenvalue weighted by molar-refractivity contribution is 7.92. The zero-order valence-corrected chi connectivity index (χ0v) is 19.5. The Morgan fingerprint density at radius 2 is 1.75 bits per heavy atom. The minimum Gasteiger partial charge on any atom is -0.494 e. The number of sulfonamides is 1. The average molecular weight is 488 g/mol. The molecule has 0 radical (unpaired) electrons. The second kappa shape index (κ2) is 10.9. The largest absolute Gasteiger partial charge is 0.494 e. The van der Waals surface area contributed by atoms with Crippen molar-refractivity contribution in [1.82, 2.24) is 5.32 Å². The van der Waals surface area contributed by atoms with Gasteiger partial charge in [-0.05, 0) is 85.2 Å². The van der Waals surface area contributed by atoms with E-state index in [0.717, 1.165) is 4.88 Å². The van der Waals surface area contributed by atoms with E-state index in [1.165, 1.54) is 29.5 Å². The van der Waals surface area contributed by atoms with Crippen molar-refractivity contribution in [2.24, 2.45) is 0 Å². The molecule has 0 aliphatic heterocycles. The summed E-state index contributed by atoms with van der Waals surface area (Å²) in [6, 6.07) is 16.5. The molecule has 0 spiro atoms. The van der Waals surface area contributed by atoms with Crippen molar-refractivity contribution < 1.29 is 17.9 Å². The first-order valence-electron chi connectivity index (χ1n) is 9.55. The summed E-state index contributed by atoms with van der Waals surface area (Å²) >= 11 is 6.65. The Labute approximate surface area is 196 Å². The predicted molar refractivity (Wildman–Crippen MR) is 133 cm³/mol. The lowest BCUT2D eigenvalue weighted by atomic mass is 10.3. The van der Waals surface area contributed by atoms with E-state index in [1.807, 2.05) is 24.4 Å². The van der Waals surface area contributed by atoms with Crippen LogP contribution in [-0.4, -0.2) is 26.0 Å². The Balaban J connectivity index is 1.56. The Morgan fingerprint density at radius 3 is 2.38 bits per heavy atom. The molecule has 3 N–H and O–H groups in total. The van der Waals surface area contributed by atoms with Crippen molar-refractivity contribution in [2.45, 2.75) is 11.8 Å². The Morgan fingerprint density at radius 1 is 1.06 bits per heavy atom. The molecule has 3 aromatic rings. The summed E-state index contributed by atoms with van der Waals surface area (Å²) in [7, 11) is -3.76. The fraction of sp³-hybridized carbons (Fsp3) is 0.0909. The SMILES string of the molecule is CCOc1ccc(NS(=O)(=O)c2ccc(NC(=S)NC(=O)/C=C/c3cccs3)cc2)cc1. The fourth-order valence-corrected chi connectivity index (χ4v) is 4.47. The maximum atomic E-state index is 12.6. The van der Waals surface area contributed by atoms with Crippen LogP contribution in [0.1, 0.15) is 11.8 Å². The first kappa shape index (κ1) is 23.5. The highest BCUT2D eigenvalue weighted by atomic mass is 32.2. The minimum absolute atomic E-state index is 0.0887. The molecule has 0 aliphatic carbocycles. The number of nitrogens with one attached hydrogen (secondary N) is 3. The Kier molecular flexibility index (Phi) is 7.98. The third kappa shape index (κ3) is 6.91. The molecule has 0 atom stereocenters. The van der Waals surface area contributed by atoms with Crippen LogP contribution in [0.3, 0.4) is 0 Å². The van der Waals surface area contributed by atoms with Crippen molar-refractivity contribution >= 4 is 62.0 Å². The third-order valence-electron chi connectivity index (χ3n) is 4.02. The Bertz CT molecular complexity index is 1190. The Hall–Kier alpha value is -3.21. The van der Waals surface area contributed by atoms with Crippen LogP contribution < -0.4 is 20.1 Å². The first-order valence-corrected chi connectivity index (χ1v) is 12.3. The van der Waals surface area contributed by atoms with Gasteiger partial charge >= 0.3 is 0 Å². The number of thiophene rings is 1. The summed E-state index contributed by atoms with van der Waals surface area (Å²) in [4.78, 5) is 13.0. The molecule has 10 heteroatoms. The van der Waals surface area contributed by atoms with Gasteiger partial charge in [-0.25, -0.2) is 8.42 Å². The molecule has 1 aromatic heterocycles. The normalized spacial score (nSPS) is 11.2. The highest BCUT2D eigenvalue weighted by Gasteiger charge is 2.14. The molecular formula is C22H21N3O4S3. The van der Waals surface area contributed by atoms with Crippen LogP contribution in [-0.2, 0) is 14.8 Å². The van der Waals surface area contributed by atoms with Crippen LogP contribution >= 0.6 is 23.6 Å². The zero-order chi connectivity index (χ0) is 23.0. The lowest BCUT2D eigenvalue weighted by molar-refractivity contribution is -0.115. The number of amides is 1. The topological polar surface area (TPSA) is 96.5 Å². The van der Waals surface area contributed by atoms with E-state index in [1.54, 1.807) is 42.5 Å². The number of thiocarbonyl (C=S) groups is 1. The smallest absolute Gasteiger partial charge is 0.261 e. The molecule has 0 bridgehead atoms. The van der Waals surface area contributed by atoms with Crippen molar-refractivity contribution in [3.05, 3.63) is 77.0 Å². The number of hydrogen-bond donors (Lipinski definition) is 3. The predicted octanol–water partition coefficient (Wildman–Crippen LogP) is 4.47. The molecule has 166 valence electrons. The van der Waals surface area contributed by atoms with Crippen LogP contribution in [0.4, 0.5) is 11.4 Å².